The van der Waals surface area contributed by atoms with Crippen LogP contribution in [-0.2, 0) is 20.2 Å². The molecule has 0 saturated carbocycles. The highest BCUT2D eigenvalue weighted by molar-refractivity contribution is 7.86. The Morgan fingerprint density at radius 1 is 0.931 bits per heavy atom. The van der Waals surface area contributed by atoms with Crippen molar-refractivity contribution in [1.29, 1.82) is 0 Å². The lowest BCUT2D eigenvalue weighted by Gasteiger charge is -2.11. The van der Waals surface area contributed by atoms with Gasteiger partial charge >= 0.3 is 0 Å². The summed E-state index contributed by atoms with van der Waals surface area (Å²) in [7, 11) is -9.32. The van der Waals surface area contributed by atoms with Crippen LogP contribution in [0.15, 0.2) is 63.2 Å². The third-order valence-electron chi connectivity index (χ3n) is 3.91. The maximum Gasteiger partial charge on any atom is 0.297 e. The van der Waals surface area contributed by atoms with Gasteiger partial charge in [0, 0.05) is 18.0 Å². The van der Waals surface area contributed by atoms with E-state index in [9.17, 15) is 30.7 Å². The number of hydrogen-bond acceptors (Lipinski definition) is 6. The van der Waals surface area contributed by atoms with Crippen molar-refractivity contribution in [3.63, 3.8) is 0 Å². The van der Waals surface area contributed by atoms with E-state index in [0.29, 0.717) is 0 Å². The zero-order valence-corrected chi connectivity index (χ0v) is 16.2. The molecule has 29 heavy (non-hydrogen) atoms. The van der Waals surface area contributed by atoms with Crippen LogP contribution in [0.5, 0.6) is 0 Å². The van der Waals surface area contributed by atoms with Crippen LogP contribution in [0.2, 0.25) is 0 Å². The molecule has 0 radical (unpaired) electrons. The largest absolute Gasteiger partial charge is 0.399 e. The minimum Gasteiger partial charge on any atom is -0.399 e. The van der Waals surface area contributed by atoms with Crippen LogP contribution in [-0.4, -0.2) is 35.7 Å². The Balaban J connectivity index is 2.20. The van der Waals surface area contributed by atoms with E-state index in [1.54, 1.807) is 0 Å². The van der Waals surface area contributed by atoms with Gasteiger partial charge in [0.15, 0.2) is 0 Å². The predicted molar refractivity (Wildman–Crippen MR) is 106 cm³/mol. The second-order valence-corrected chi connectivity index (χ2v) is 8.69. The van der Waals surface area contributed by atoms with Gasteiger partial charge in [0.1, 0.15) is 9.79 Å². The fourth-order valence-electron chi connectivity index (χ4n) is 2.71. The van der Waals surface area contributed by atoms with Crippen LogP contribution < -0.4 is 11.3 Å². The number of nitrogens with one attached hydrogen (secondary N) is 1. The molecule has 0 fully saturated rings. The van der Waals surface area contributed by atoms with E-state index >= 15 is 0 Å². The molecule has 3 rings (SSSR count). The number of aromatic amines is 1. The number of H-pyrrole nitrogens is 1. The van der Waals surface area contributed by atoms with Crippen molar-refractivity contribution in [1.82, 2.24) is 9.78 Å². The minimum atomic E-state index is -4.73. The summed E-state index contributed by atoms with van der Waals surface area (Å²) >= 11 is 0. The molecule has 0 aliphatic heterocycles. The average molecular weight is 437 g/mol. The Hall–Kier alpha value is -3.19. The lowest BCUT2D eigenvalue weighted by atomic mass is 10.1. The second kappa shape index (κ2) is 7.33. The molecule has 0 saturated heterocycles. The average Bonchev–Trinajstić information content (AvgIpc) is 3.05. The van der Waals surface area contributed by atoms with Crippen molar-refractivity contribution in [3.8, 4) is 5.69 Å². The Bertz CT molecular complexity index is 1380. The molecule has 0 aliphatic carbocycles. The highest BCUT2D eigenvalue weighted by atomic mass is 32.2. The summed E-state index contributed by atoms with van der Waals surface area (Å²) < 4.78 is 67.4. The Labute approximate surface area is 165 Å². The van der Waals surface area contributed by atoms with Gasteiger partial charge in [0.05, 0.1) is 5.69 Å². The highest BCUT2D eigenvalue weighted by Gasteiger charge is 2.21. The van der Waals surface area contributed by atoms with Crippen LogP contribution in [0.25, 0.3) is 17.8 Å². The van der Waals surface area contributed by atoms with Gasteiger partial charge in [0.25, 0.3) is 25.8 Å². The number of rotatable bonds is 5. The van der Waals surface area contributed by atoms with Crippen LogP contribution in [0.4, 0.5) is 5.69 Å². The summed E-state index contributed by atoms with van der Waals surface area (Å²) in [5.41, 5.74) is 5.21. The first-order chi connectivity index (χ1) is 13.5. The predicted octanol–water partition coefficient (Wildman–Crippen LogP) is 1.41. The number of hydrogen-bond donors (Lipinski definition) is 4. The van der Waals surface area contributed by atoms with Gasteiger partial charge in [-0.1, -0.05) is 30.4 Å². The lowest BCUT2D eigenvalue weighted by Crippen LogP contribution is -2.10. The van der Waals surface area contributed by atoms with Crippen molar-refractivity contribution in [2.75, 3.05) is 5.73 Å². The standard InChI is InChI=1S/C17H15N3O7S2/c18-13-7-6-11(15(10-13)28(22,23)24)4-5-12-2-1-3-14(17(12)29(25,26)27)20-9-8-16(21)19-20/h1-10H,18H2,(H,19,21)(H,22,23,24)(H,25,26,27). The van der Waals surface area contributed by atoms with E-state index in [-0.39, 0.29) is 22.5 Å². The molecular weight excluding hydrogens is 422 g/mol. The smallest absolute Gasteiger partial charge is 0.297 e. The van der Waals surface area contributed by atoms with Gasteiger partial charge in [0.2, 0.25) is 0 Å². The summed E-state index contributed by atoms with van der Waals surface area (Å²) in [6, 6.07) is 9.17. The first-order valence-electron chi connectivity index (χ1n) is 7.90. The van der Waals surface area contributed by atoms with Crippen LogP contribution >= 0.6 is 0 Å². The van der Waals surface area contributed by atoms with Crippen molar-refractivity contribution < 1.29 is 25.9 Å². The third-order valence-corrected chi connectivity index (χ3v) is 5.78. The van der Waals surface area contributed by atoms with Gasteiger partial charge in [-0.3, -0.25) is 23.7 Å². The number of nitrogens with two attached hydrogens (primary N) is 1. The summed E-state index contributed by atoms with van der Waals surface area (Å²) in [6.07, 6.45) is 3.78. The quantitative estimate of drug-likeness (QED) is 0.263. The van der Waals surface area contributed by atoms with E-state index < -0.39 is 35.6 Å². The molecular formula is C17H15N3O7S2. The van der Waals surface area contributed by atoms with Gasteiger partial charge in [-0.2, -0.15) is 16.8 Å². The molecule has 0 amide bonds. The molecule has 0 atom stereocenters. The first kappa shape index (κ1) is 20.5. The monoisotopic (exact) mass is 437 g/mol. The maximum atomic E-state index is 12.0. The molecule has 0 spiro atoms. The topological polar surface area (TPSA) is 173 Å². The lowest BCUT2D eigenvalue weighted by molar-refractivity contribution is 0.480. The zero-order chi connectivity index (χ0) is 21.4. The summed E-state index contributed by atoms with van der Waals surface area (Å²) in [4.78, 5) is 10.4. The molecule has 12 heteroatoms. The van der Waals surface area contributed by atoms with Crippen molar-refractivity contribution >= 4 is 38.1 Å². The van der Waals surface area contributed by atoms with Gasteiger partial charge in [-0.25, -0.2) is 0 Å². The number of benzene rings is 2. The highest BCUT2D eigenvalue weighted by Crippen LogP contribution is 2.27. The first-order valence-corrected chi connectivity index (χ1v) is 10.8. The summed E-state index contributed by atoms with van der Waals surface area (Å²) in [5.74, 6) is 0. The zero-order valence-electron chi connectivity index (χ0n) is 14.6. The van der Waals surface area contributed by atoms with Gasteiger partial charge in [-0.05, 0) is 29.3 Å². The van der Waals surface area contributed by atoms with E-state index in [0.717, 1.165) is 10.7 Å². The third kappa shape index (κ3) is 4.46. The van der Waals surface area contributed by atoms with E-state index in [1.807, 2.05) is 0 Å². The molecule has 0 bridgehead atoms. The van der Waals surface area contributed by atoms with E-state index in [4.69, 9.17) is 5.73 Å². The number of nitrogen functional groups attached to an aromatic ring is 1. The number of aromatic nitrogens is 2. The molecule has 5 N–H and O–H groups in total. The molecule has 152 valence electrons. The number of anilines is 1. The van der Waals surface area contributed by atoms with Gasteiger partial charge < -0.3 is 5.73 Å². The fourth-order valence-corrected chi connectivity index (χ4v) is 4.30. The van der Waals surface area contributed by atoms with Crippen LogP contribution in [0.1, 0.15) is 11.1 Å². The van der Waals surface area contributed by atoms with Crippen molar-refractivity contribution in [3.05, 3.63) is 70.1 Å². The molecule has 3 aromatic rings. The fraction of sp³-hybridized carbons (Fsp3) is 0. The Morgan fingerprint density at radius 3 is 2.21 bits per heavy atom. The molecule has 10 nitrogen and oxygen atoms in total. The van der Waals surface area contributed by atoms with E-state index in [2.05, 4.69) is 5.10 Å². The van der Waals surface area contributed by atoms with Crippen LogP contribution in [0, 0.1) is 0 Å². The maximum absolute atomic E-state index is 12.0. The molecule has 0 aliphatic rings. The second-order valence-electron chi connectivity index (χ2n) is 5.94. The van der Waals surface area contributed by atoms with Crippen molar-refractivity contribution in [2.45, 2.75) is 9.79 Å². The molecule has 0 unspecified atom stereocenters. The summed E-state index contributed by atoms with van der Waals surface area (Å²) in [5, 5.41) is 2.38. The van der Waals surface area contributed by atoms with Crippen molar-refractivity contribution in [2.24, 2.45) is 0 Å². The van der Waals surface area contributed by atoms with Gasteiger partial charge in [-0.15, -0.1) is 0 Å². The number of nitrogens with zero attached hydrogens (tertiary/aromatic N) is 1. The normalized spacial score (nSPS) is 12.5. The molecule has 1 aromatic heterocycles. The SMILES string of the molecule is Nc1ccc(C=Cc2cccc(-n3ccc(=O)[nH]3)c2S(=O)(=O)O)c(S(=O)(=O)O)c1. The summed E-state index contributed by atoms with van der Waals surface area (Å²) in [6.45, 7) is 0. The van der Waals surface area contributed by atoms with E-state index in [1.165, 1.54) is 54.7 Å². The Kier molecular flexibility index (Phi) is 5.19. The minimum absolute atomic E-state index is 0.0117. The molecule has 2 aromatic carbocycles. The Morgan fingerprint density at radius 2 is 1.62 bits per heavy atom. The molecule has 1 heterocycles. The van der Waals surface area contributed by atoms with Crippen LogP contribution in [0.3, 0.4) is 0 Å².